The molecule has 1 N–H and O–H groups in total. The van der Waals surface area contributed by atoms with Crippen LogP contribution >= 0.6 is 0 Å². The van der Waals surface area contributed by atoms with Crippen LogP contribution in [-0.2, 0) is 4.79 Å². The third-order valence-electron chi connectivity index (χ3n) is 1.62. The summed E-state index contributed by atoms with van der Waals surface area (Å²) in [6.45, 7) is 1.18. The summed E-state index contributed by atoms with van der Waals surface area (Å²) in [4.78, 5) is 10.7. The van der Waals surface area contributed by atoms with Crippen molar-refractivity contribution in [2.45, 2.75) is 6.92 Å². The third kappa shape index (κ3) is 2.04. The molecule has 0 bridgehead atoms. The Morgan fingerprint density at radius 3 is 2.40 bits per heavy atom. The molecule has 0 fully saturated rings. The highest BCUT2D eigenvalue weighted by atomic mass is 16.5. The summed E-state index contributed by atoms with van der Waals surface area (Å²) in [5.74, 6) is -0.939. The van der Waals surface area contributed by atoms with Crippen molar-refractivity contribution >= 4 is 5.97 Å². The number of rotatable bonds is 1. The predicted molar refractivity (Wildman–Crippen MR) is 48.8 cm³/mol. The van der Waals surface area contributed by atoms with Crippen molar-refractivity contribution in [2.24, 2.45) is 0 Å². The Morgan fingerprint density at radius 2 is 1.93 bits per heavy atom. The number of carbonyl (C=O) groups is 1. The van der Waals surface area contributed by atoms with E-state index in [9.17, 15) is 9.90 Å². The molecule has 0 spiro atoms. The second-order valence-electron chi connectivity index (χ2n) is 2.65. The zero-order chi connectivity index (χ0) is 11.4. The first-order valence-electron chi connectivity index (χ1n) is 3.94. The van der Waals surface area contributed by atoms with Crippen LogP contribution in [0.1, 0.15) is 18.1 Å². The first kappa shape index (κ1) is 10.6. The van der Waals surface area contributed by atoms with Gasteiger partial charge >= 0.3 is 5.97 Å². The molecule has 0 radical (unpaired) electrons. The van der Waals surface area contributed by atoms with Gasteiger partial charge in [0.05, 0.1) is 0 Å². The number of ether oxygens (including phenoxy) is 1. The van der Waals surface area contributed by atoms with Crippen LogP contribution < -0.4 is 4.74 Å². The number of nitriles is 2. The molecule has 15 heavy (non-hydrogen) atoms. The van der Waals surface area contributed by atoms with Crippen LogP contribution in [0, 0.1) is 22.7 Å². The number of esters is 1. The van der Waals surface area contributed by atoms with Crippen LogP contribution in [0.15, 0.2) is 12.1 Å². The predicted octanol–water partition coefficient (Wildman–Crippen LogP) is 1.06. The molecular formula is C10H6N2O3. The fraction of sp³-hybridized carbons (Fsp3) is 0.100. The van der Waals surface area contributed by atoms with Crippen LogP contribution in [0.5, 0.6) is 11.5 Å². The van der Waals surface area contributed by atoms with E-state index in [0.717, 1.165) is 0 Å². The summed E-state index contributed by atoms with van der Waals surface area (Å²) in [7, 11) is 0. The van der Waals surface area contributed by atoms with Gasteiger partial charge in [-0.15, -0.1) is 0 Å². The van der Waals surface area contributed by atoms with E-state index in [0.29, 0.717) is 0 Å². The summed E-state index contributed by atoms with van der Waals surface area (Å²) in [6.07, 6.45) is 0. The molecule has 74 valence electrons. The normalized spacial score (nSPS) is 8.73. The first-order chi connectivity index (χ1) is 7.10. The van der Waals surface area contributed by atoms with Gasteiger partial charge in [0.1, 0.15) is 34.8 Å². The molecule has 0 aliphatic rings. The van der Waals surface area contributed by atoms with E-state index >= 15 is 0 Å². The maximum Gasteiger partial charge on any atom is 0.308 e. The minimum atomic E-state index is -0.596. The van der Waals surface area contributed by atoms with Crippen molar-refractivity contribution in [3.63, 3.8) is 0 Å². The second-order valence-corrected chi connectivity index (χ2v) is 2.65. The Labute approximate surface area is 85.7 Å². The summed E-state index contributed by atoms with van der Waals surface area (Å²) in [6, 6.07) is 5.82. The maximum atomic E-state index is 10.7. The van der Waals surface area contributed by atoms with Gasteiger partial charge in [0, 0.05) is 6.92 Å². The van der Waals surface area contributed by atoms with Crippen molar-refractivity contribution in [2.75, 3.05) is 0 Å². The molecule has 0 saturated heterocycles. The third-order valence-corrected chi connectivity index (χ3v) is 1.62. The van der Waals surface area contributed by atoms with E-state index in [-0.39, 0.29) is 22.6 Å². The summed E-state index contributed by atoms with van der Waals surface area (Å²) in [5.41, 5.74) is -0.344. The number of carbonyl (C=O) groups excluding carboxylic acids is 1. The Kier molecular flexibility index (Phi) is 2.90. The minimum absolute atomic E-state index is 0.0284. The van der Waals surface area contributed by atoms with Crippen molar-refractivity contribution in [1.82, 2.24) is 0 Å². The van der Waals surface area contributed by atoms with Gasteiger partial charge in [0.2, 0.25) is 0 Å². The molecule has 0 heterocycles. The highest BCUT2D eigenvalue weighted by Crippen LogP contribution is 2.28. The zero-order valence-corrected chi connectivity index (χ0v) is 7.81. The van der Waals surface area contributed by atoms with Crippen LogP contribution in [0.3, 0.4) is 0 Å². The van der Waals surface area contributed by atoms with Crippen LogP contribution in [0.4, 0.5) is 0 Å². The standard InChI is InChI=1S/C10H6N2O3/c1-6(13)15-10-3-2-9(14)7(4-11)8(10)5-12/h2-3,14H,1H3. The van der Waals surface area contributed by atoms with Crippen LogP contribution in [0.2, 0.25) is 0 Å². The van der Waals surface area contributed by atoms with Crippen molar-refractivity contribution in [3.8, 4) is 23.6 Å². The van der Waals surface area contributed by atoms with E-state index in [1.807, 2.05) is 0 Å². The Hall–Kier alpha value is -2.53. The molecule has 0 saturated carbocycles. The molecule has 0 aliphatic heterocycles. The molecule has 0 amide bonds. The average Bonchev–Trinajstić information content (AvgIpc) is 2.19. The molecule has 1 aromatic rings. The molecule has 0 atom stereocenters. The molecule has 5 nitrogen and oxygen atoms in total. The topological polar surface area (TPSA) is 94.1 Å². The van der Waals surface area contributed by atoms with E-state index < -0.39 is 5.97 Å². The lowest BCUT2D eigenvalue weighted by molar-refractivity contribution is -0.131. The highest BCUT2D eigenvalue weighted by molar-refractivity contribution is 5.72. The quantitative estimate of drug-likeness (QED) is 0.542. The van der Waals surface area contributed by atoms with Gasteiger partial charge in [0.25, 0.3) is 0 Å². The van der Waals surface area contributed by atoms with Gasteiger partial charge in [-0.25, -0.2) is 0 Å². The van der Waals surface area contributed by atoms with Crippen molar-refractivity contribution < 1.29 is 14.6 Å². The molecule has 5 heteroatoms. The summed E-state index contributed by atoms with van der Waals surface area (Å²) >= 11 is 0. The molecule has 0 aliphatic carbocycles. The Balaban J connectivity index is 3.38. The molecular weight excluding hydrogens is 196 g/mol. The lowest BCUT2D eigenvalue weighted by atomic mass is 10.1. The lowest BCUT2D eigenvalue weighted by Gasteiger charge is -2.05. The van der Waals surface area contributed by atoms with Gasteiger partial charge < -0.3 is 9.84 Å². The summed E-state index contributed by atoms with van der Waals surface area (Å²) < 4.78 is 4.71. The number of phenolic OH excluding ortho intramolecular Hbond substituents is 1. The number of phenols is 1. The minimum Gasteiger partial charge on any atom is -0.507 e. The van der Waals surface area contributed by atoms with E-state index in [1.54, 1.807) is 12.1 Å². The molecule has 0 aromatic heterocycles. The van der Waals surface area contributed by atoms with Gasteiger partial charge in [-0.2, -0.15) is 10.5 Å². The largest absolute Gasteiger partial charge is 0.507 e. The van der Waals surface area contributed by atoms with Gasteiger partial charge in [-0.1, -0.05) is 0 Å². The SMILES string of the molecule is CC(=O)Oc1ccc(O)c(C#N)c1C#N. The number of benzene rings is 1. The second kappa shape index (κ2) is 4.12. The Bertz CT molecular complexity index is 495. The smallest absolute Gasteiger partial charge is 0.308 e. The zero-order valence-electron chi connectivity index (χ0n) is 7.81. The van der Waals surface area contributed by atoms with Gasteiger partial charge in [-0.05, 0) is 12.1 Å². The fourth-order valence-electron chi connectivity index (χ4n) is 1.04. The average molecular weight is 202 g/mol. The van der Waals surface area contributed by atoms with Crippen LogP contribution in [-0.4, -0.2) is 11.1 Å². The van der Waals surface area contributed by atoms with Crippen molar-refractivity contribution in [1.29, 1.82) is 10.5 Å². The number of aromatic hydroxyl groups is 1. The number of hydrogen-bond donors (Lipinski definition) is 1. The number of nitrogens with zero attached hydrogens (tertiary/aromatic N) is 2. The molecule has 1 rings (SSSR count). The van der Waals surface area contributed by atoms with Crippen molar-refractivity contribution in [3.05, 3.63) is 23.3 Å². The van der Waals surface area contributed by atoms with E-state index in [1.165, 1.54) is 19.1 Å². The number of hydrogen-bond acceptors (Lipinski definition) is 5. The summed E-state index contributed by atoms with van der Waals surface area (Å²) in [5, 5.41) is 26.7. The van der Waals surface area contributed by atoms with Gasteiger partial charge in [-0.3, -0.25) is 4.79 Å². The molecule has 1 aromatic carbocycles. The monoisotopic (exact) mass is 202 g/mol. The first-order valence-corrected chi connectivity index (χ1v) is 3.94. The van der Waals surface area contributed by atoms with Gasteiger partial charge in [0.15, 0.2) is 0 Å². The Morgan fingerprint density at radius 1 is 1.33 bits per heavy atom. The highest BCUT2D eigenvalue weighted by Gasteiger charge is 2.14. The maximum absolute atomic E-state index is 10.7. The fourth-order valence-corrected chi connectivity index (χ4v) is 1.04. The van der Waals surface area contributed by atoms with E-state index in [4.69, 9.17) is 15.3 Å². The van der Waals surface area contributed by atoms with Crippen LogP contribution in [0.25, 0.3) is 0 Å². The van der Waals surface area contributed by atoms with E-state index in [2.05, 4.69) is 0 Å². The lowest BCUT2D eigenvalue weighted by Crippen LogP contribution is -2.03. The molecule has 0 unspecified atom stereocenters.